The minimum atomic E-state index is -0.936. The van der Waals surface area contributed by atoms with Gasteiger partial charge in [-0.05, 0) is 49.3 Å². The Hall–Kier alpha value is -1.22. The number of rotatable bonds is 3. The van der Waals surface area contributed by atoms with Crippen molar-refractivity contribution in [3.05, 3.63) is 28.8 Å². The fraction of sp³-hybridized carbons (Fsp3) is 0.562. The number of anilines is 1. The molecule has 1 aromatic carbocycles. The predicted octanol–water partition coefficient (Wildman–Crippen LogP) is 4.30. The molecule has 1 aliphatic heterocycles. The van der Waals surface area contributed by atoms with Gasteiger partial charge in [0.1, 0.15) is 0 Å². The van der Waals surface area contributed by atoms with Crippen LogP contribution in [-0.4, -0.2) is 24.2 Å². The Morgan fingerprint density at radius 3 is 2.70 bits per heavy atom. The lowest BCUT2D eigenvalue weighted by Gasteiger charge is -2.24. The third kappa shape index (κ3) is 3.45. The van der Waals surface area contributed by atoms with Crippen molar-refractivity contribution in [3.8, 4) is 0 Å². The summed E-state index contributed by atoms with van der Waals surface area (Å²) in [5.41, 5.74) is 1.20. The monoisotopic (exact) mass is 295 g/mol. The molecule has 1 N–H and O–H groups in total. The Morgan fingerprint density at radius 2 is 2.10 bits per heavy atom. The first-order valence-corrected chi connectivity index (χ1v) is 7.64. The van der Waals surface area contributed by atoms with E-state index in [1.165, 1.54) is 19.3 Å². The summed E-state index contributed by atoms with van der Waals surface area (Å²) in [7, 11) is 0. The van der Waals surface area contributed by atoms with Gasteiger partial charge in [0.25, 0.3) is 0 Å². The quantitative estimate of drug-likeness (QED) is 0.904. The van der Waals surface area contributed by atoms with Gasteiger partial charge in [-0.1, -0.05) is 25.4 Å². The number of aromatic carboxylic acids is 1. The van der Waals surface area contributed by atoms with Crippen molar-refractivity contribution >= 4 is 23.3 Å². The van der Waals surface area contributed by atoms with E-state index in [2.05, 4.69) is 18.7 Å². The van der Waals surface area contributed by atoms with E-state index in [0.29, 0.717) is 5.02 Å². The molecule has 1 saturated heterocycles. The van der Waals surface area contributed by atoms with E-state index in [0.717, 1.165) is 30.6 Å². The van der Waals surface area contributed by atoms with Crippen molar-refractivity contribution in [2.75, 3.05) is 18.0 Å². The van der Waals surface area contributed by atoms with Crippen molar-refractivity contribution in [1.29, 1.82) is 0 Å². The van der Waals surface area contributed by atoms with Crippen molar-refractivity contribution in [3.63, 3.8) is 0 Å². The first-order valence-electron chi connectivity index (χ1n) is 7.27. The SMILES string of the molecule is CC(C)C1CCCN(c2ccc(C(=O)O)cc2Cl)CC1. The molecule has 0 aromatic heterocycles. The number of benzene rings is 1. The Bertz CT molecular complexity index is 487. The van der Waals surface area contributed by atoms with Crippen LogP contribution in [0.15, 0.2) is 18.2 Å². The maximum Gasteiger partial charge on any atom is 0.335 e. The third-order valence-electron chi connectivity index (χ3n) is 4.25. The van der Waals surface area contributed by atoms with Crippen LogP contribution >= 0.6 is 11.6 Å². The standard InChI is InChI=1S/C16H22ClNO2/c1-11(2)12-4-3-8-18(9-7-12)15-6-5-13(16(19)20)10-14(15)17/h5-6,10-12H,3-4,7-9H2,1-2H3,(H,19,20). The zero-order chi connectivity index (χ0) is 14.7. The first-order chi connectivity index (χ1) is 9.49. The zero-order valence-corrected chi connectivity index (χ0v) is 12.9. The Kier molecular flexibility index (Phi) is 4.92. The second kappa shape index (κ2) is 6.49. The van der Waals surface area contributed by atoms with E-state index in [1.54, 1.807) is 12.1 Å². The van der Waals surface area contributed by atoms with Crippen LogP contribution in [0.3, 0.4) is 0 Å². The van der Waals surface area contributed by atoms with Crippen molar-refractivity contribution in [1.82, 2.24) is 0 Å². The fourth-order valence-electron chi connectivity index (χ4n) is 2.93. The number of hydrogen-bond donors (Lipinski definition) is 1. The van der Waals surface area contributed by atoms with Gasteiger partial charge < -0.3 is 10.0 Å². The lowest BCUT2D eigenvalue weighted by atomic mass is 9.89. The summed E-state index contributed by atoms with van der Waals surface area (Å²) >= 11 is 6.25. The van der Waals surface area contributed by atoms with Gasteiger partial charge in [0.05, 0.1) is 16.3 Å². The van der Waals surface area contributed by atoms with Crippen LogP contribution in [0.1, 0.15) is 43.5 Å². The van der Waals surface area contributed by atoms with Crippen LogP contribution in [-0.2, 0) is 0 Å². The molecule has 0 bridgehead atoms. The Labute approximate surface area is 125 Å². The molecule has 0 aliphatic carbocycles. The average molecular weight is 296 g/mol. The maximum atomic E-state index is 10.9. The molecule has 0 radical (unpaired) electrons. The molecule has 110 valence electrons. The van der Waals surface area contributed by atoms with Crippen molar-refractivity contribution in [2.45, 2.75) is 33.1 Å². The molecule has 1 unspecified atom stereocenters. The molecule has 1 aromatic rings. The summed E-state index contributed by atoms with van der Waals surface area (Å²) in [6.07, 6.45) is 3.60. The highest BCUT2D eigenvalue weighted by atomic mass is 35.5. The number of hydrogen-bond acceptors (Lipinski definition) is 2. The molecule has 20 heavy (non-hydrogen) atoms. The van der Waals surface area contributed by atoms with Crippen molar-refractivity contribution < 1.29 is 9.90 Å². The number of carboxylic acid groups (broad SMARTS) is 1. The Balaban J connectivity index is 2.13. The Morgan fingerprint density at radius 1 is 1.35 bits per heavy atom. The van der Waals surface area contributed by atoms with Gasteiger partial charge in [-0.2, -0.15) is 0 Å². The van der Waals surface area contributed by atoms with Gasteiger partial charge in [0, 0.05) is 13.1 Å². The molecule has 2 rings (SSSR count). The van der Waals surface area contributed by atoms with E-state index in [4.69, 9.17) is 16.7 Å². The minimum Gasteiger partial charge on any atom is -0.478 e. The number of carbonyl (C=O) groups is 1. The summed E-state index contributed by atoms with van der Waals surface area (Å²) < 4.78 is 0. The maximum absolute atomic E-state index is 10.9. The predicted molar refractivity (Wildman–Crippen MR) is 82.8 cm³/mol. The topological polar surface area (TPSA) is 40.5 Å². The van der Waals surface area contributed by atoms with E-state index in [1.807, 2.05) is 6.07 Å². The summed E-state index contributed by atoms with van der Waals surface area (Å²) in [5, 5.41) is 9.51. The minimum absolute atomic E-state index is 0.244. The van der Waals surface area contributed by atoms with Crippen LogP contribution in [0, 0.1) is 11.8 Å². The summed E-state index contributed by atoms with van der Waals surface area (Å²) in [4.78, 5) is 13.2. The number of nitrogens with zero attached hydrogens (tertiary/aromatic N) is 1. The highest BCUT2D eigenvalue weighted by Crippen LogP contribution is 2.31. The summed E-state index contributed by atoms with van der Waals surface area (Å²) in [5.74, 6) is 0.561. The van der Waals surface area contributed by atoms with Gasteiger partial charge in [0.15, 0.2) is 0 Å². The van der Waals surface area contributed by atoms with E-state index < -0.39 is 5.97 Å². The van der Waals surface area contributed by atoms with E-state index >= 15 is 0 Å². The highest BCUT2D eigenvalue weighted by Gasteiger charge is 2.21. The van der Waals surface area contributed by atoms with Gasteiger partial charge in [-0.15, -0.1) is 0 Å². The lowest BCUT2D eigenvalue weighted by Crippen LogP contribution is -2.25. The molecule has 1 fully saturated rings. The van der Waals surface area contributed by atoms with Gasteiger partial charge in [-0.3, -0.25) is 0 Å². The fourth-order valence-corrected chi connectivity index (χ4v) is 3.23. The molecule has 1 atom stereocenters. The number of carboxylic acids is 1. The first kappa shape index (κ1) is 15.2. The van der Waals surface area contributed by atoms with Crippen LogP contribution in [0.2, 0.25) is 5.02 Å². The van der Waals surface area contributed by atoms with Crippen LogP contribution in [0.5, 0.6) is 0 Å². The molecule has 0 amide bonds. The smallest absolute Gasteiger partial charge is 0.335 e. The third-order valence-corrected chi connectivity index (χ3v) is 4.55. The second-order valence-corrected chi connectivity index (χ2v) is 6.30. The lowest BCUT2D eigenvalue weighted by molar-refractivity contribution is 0.0697. The summed E-state index contributed by atoms with van der Waals surface area (Å²) in [6, 6.07) is 5.01. The largest absolute Gasteiger partial charge is 0.478 e. The van der Waals surface area contributed by atoms with Crippen molar-refractivity contribution in [2.24, 2.45) is 11.8 Å². The van der Waals surface area contributed by atoms with Crippen LogP contribution in [0.4, 0.5) is 5.69 Å². The van der Waals surface area contributed by atoms with Crippen LogP contribution < -0.4 is 4.90 Å². The molecule has 1 aliphatic rings. The van der Waals surface area contributed by atoms with Crippen LogP contribution in [0.25, 0.3) is 0 Å². The van der Waals surface area contributed by atoms with Gasteiger partial charge in [-0.25, -0.2) is 4.79 Å². The molecule has 3 nitrogen and oxygen atoms in total. The normalized spacial score (nSPS) is 20.0. The molecule has 4 heteroatoms. The molecule has 1 heterocycles. The molecule has 0 saturated carbocycles. The molecular formula is C16H22ClNO2. The molecular weight excluding hydrogens is 274 g/mol. The molecule has 0 spiro atoms. The van der Waals surface area contributed by atoms with E-state index in [9.17, 15) is 4.79 Å². The number of halogens is 1. The van der Waals surface area contributed by atoms with E-state index in [-0.39, 0.29) is 5.56 Å². The average Bonchev–Trinajstić information content (AvgIpc) is 2.64. The van der Waals surface area contributed by atoms with Gasteiger partial charge in [0.2, 0.25) is 0 Å². The zero-order valence-electron chi connectivity index (χ0n) is 12.1. The van der Waals surface area contributed by atoms with Gasteiger partial charge >= 0.3 is 5.97 Å². The highest BCUT2D eigenvalue weighted by molar-refractivity contribution is 6.33. The summed E-state index contributed by atoms with van der Waals surface area (Å²) in [6.45, 7) is 6.56. The second-order valence-electron chi connectivity index (χ2n) is 5.89.